The predicted octanol–water partition coefficient (Wildman–Crippen LogP) is 1.87. The van der Waals surface area contributed by atoms with Crippen LogP contribution in [0.3, 0.4) is 0 Å². The van der Waals surface area contributed by atoms with Crippen LogP contribution in [0.25, 0.3) is 0 Å². The number of nitrogens with one attached hydrogen (secondary N) is 1. The lowest BCUT2D eigenvalue weighted by molar-refractivity contribution is 0.0944. The van der Waals surface area contributed by atoms with E-state index < -0.39 is 0 Å². The normalized spacial score (nSPS) is 10.1. The van der Waals surface area contributed by atoms with Crippen LogP contribution in [-0.2, 0) is 6.54 Å². The molecular formula is C12H11BrN4O. The molecule has 0 spiro atoms. The molecule has 0 aliphatic rings. The molecule has 0 bridgehead atoms. The molecule has 2 rings (SSSR count). The van der Waals surface area contributed by atoms with Gasteiger partial charge in [-0.3, -0.25) is 14.8 Å². The quantitative estimate of drug-likeness (QED) is 0.940. The third-order valence-corrected chi connectivity index (χ3v) is 2.88. The molecule has 2 aromatic heterocycles. The lowest BCUT2D eigenvalue weighted by Gasteiger charge is -2.05. The summed E-state index contributed by atoms with van der Waals surface area (Å²) in [6, 6.07) is 3.53. The Hall–Kier alpha value is -1.82. The number of hydrogen-bond donors (Lipinski definition) is 1. The minimum Gasteiger partial charge on any atom is -0.345 e. The summed E-state index contributed by atoms with van der Waals surface area (Å²) in [5.41, 5.74) is 1.91. The summed E-state index contributed by atoms with van der Waals surface area (Å²) >= 11 is 3.28. The Morgan fingerprint density at radius 3 is 2.83 bits per heavy atom. The first-order valence-electron chi connectivity index (χ1n) is 5.33. The number of nitrogens with zero attached hydrogens (tertiary/aromatic N) is 3. The molecular weight excluding hydrogens is 296 g/mol. The smallest absolute Gasteiger partial charge is 0.271 e. The average molecular weight is 307 g/mol. The van der Waals surface area contributed by atoms with Gasteiger partial charge in [0.05, 0.1) is 24.1 Å². The SMILES string of the molecule is Cc1cnc(CNC(=O)c2ncccc2Br)cn1. The van der Waals surface area contributed by atoms with Crippen molar-refractivity contribution >= 4 is 21.8 Å². The van der Waals surface area contributed by atoms with Crippen LogP contribution >= 0.6 is 15.9 Å². The van der Waals surface area contributed by atoms with E-state index in [4.69, 9.17) is 0 Å². The van der Waals surface area contributed by atoms with Crippen molar-refractivity contribution in [2.45, 2.75) is 13.5 Å². The van der Waals surface area contributed by atoms with Gasteiger partial charge in [-0.2, -0.15) is 0 Å². The van der Waals surface area contributed by atoms with Crippen molar-refractivity contribution in [3.63, 3.8) is 0 Å². The molecule has 2 heterocycles. The zero-order chi connectivity index (χ0) is 13.0. The highest BCUT2D eigenvalue weighted by atomic mass is 79.9. The lowest BCUT2D eigenvalue weighted by atomic mass is 10.3. The van der Waals surface area contributed by atoms with Gasteiger partial charge in [-0.15, -0.1) is 0 Å². The number of aryl methyl sites for hydroxylation is 1. The summed E-state index contributed by atoms with van der Waals surface area (Å²) in [6.45, 7) is 2.19. The molecule has 0 aromatic carbocycles. The average Bonchev–Trinajstić information content (AvgIpc) is 2.38. The Kier molecular flexibility index (Phi) is 3.99. The topological polar surface area (TPSA) is 67.8 Å². The Balaban J connectivity index is 2.01. The second-order valence-electron chi connectivity index (χ2n) is 3.67. The van der Waals surface area contributed by atoms with Crippen LogP contribution in [0.15, 0.2) is 35.2 Å². The van der Waals surface area contributed by atoms with E-state index >= 15 is 0 Å². The summed E-state index contributed by atoms with van der Waals surface area (Å²) in [5, 5.41) is 2.74. The first-order valence-corrected chi connectivity index (χ1v) is 6.12. The second-order valence-corrected chi connectivity index (χ2v) is 4.52. The summed E-state index contributed by atoms with van der Waals surface area (Å²) < 4.78 is 0.664. The van der Waals surface area contributed by atoms with Crippen LogP contribution < -0.4 is 5.32 Å². The Morgan fingerprint density at radius 1 is 1.33 bits per heavy atom. The Labute approximate surface area is 113 Å². The minimum absolute atomic E-state index is 0.246. The molecule has 0 aliphatic heterocycles. The fraction of sp³-hybridized carbons (Fsp3) is 0.167. The van der Waals surface area contributed by atoms with Crippen molar-refractivity contribution in [3.8, 4) is 0 Å². The van der Waals surface area contributed by atoms with Crippen molar-refractivity contribution in [3.05, 3.63) is 52.3 Å². The number of carbonyl (C=O) groups excluding carboxylic acids is 1. The van der Waals surface area contributed by atoms with Gasteiger partial charge in [0, 0.05) is 16.9 Å². The number of carbonyl (C=O) groups is 1. The van der Waals surface area contributed by atoms with Crippen molar-refractivity contribution in [2.75, 3.05) is 0 Å². The maximum absolute atomic E-state index is 11.9. The molecule has 0 atom stereocenters. The number of pyridine rings is 1. The molecule has 0 unspecified atom stereocenters. The van der Waals surface area contributed by atoms with E-state index in [1.165, 1.54) is 0 Å². The van der Waals surface area contributed by atoms with Crippen LogP contribution in [0.4, 0.5) is 0 Å². The summed E-state index contributed by atoms with van der Waals surface area (Å²) in [5.74, 6) is -0.246. The summed E-state index contributed by atoms with van der Waals surface area (Å²) in [7, 11) is 0. The molecule has 0 aliphatic carbocycles. The van der Waals surface area contributed by atoms with Crippen LogP contribution in [-0.4, -0.2) is 20.9 Å². The Bertz CT molecular complexity index is 556. The van der Waals surface area contributed by atoms with Crippen LogP contribution in [0, 0.1) is 6.92 Å². The largest absolute Gasteiger partial charge is 0.345 e. The van der Waals surface area contributed by atoms with E-state index in [2.05, 4.69) is 36.2 Å². The van der Waals surface area contributed by atoms with E-state index in [0.29, 0.717) is 22.4 Å². The molecule has 0 saturated heterocycles. The number of rotatable bonds is 3. The molecule has 6 heteroatoms. The molecule has 1 amide bonds. The number of hydrogen-bond acceptors (Lipinski definition) is 4. The molecule has 0 saturated carbocycles. The molecule has 18 heavy (non-hydrogen) atoms. The zero-order valence-corrected chi connectivity index (χ0v) is 11.3. The van der Waals surface area contributed by atoms with Gasteiger partial charge in [-0.1, -0.05) is 0 Å². The van der Waals surface area contributed by atoms with Crippen molar-refractivity contribution < 1.29 is 4.79 Å². The zero-order valence-electron chi connectivity index (χ0n) is 9.72. The van der Waals surface area contributed by atoms with Gasteiger partial charge in [-0.05, 0) is 35.0 Å². The number of halogens is 1. The van der Waals surface area contributed by atoms with E-state index in [9.17, 15) is 4.79 Å². The Morgan fingerprint density at radius 2 is 2.17 bits per heavy atom. The summed E-state index contributed by atoms with van der Waals surface area (Å²) in [4.78, 5) is 24.1. The third-order valence-electron chi connectivity index (χ3n) is 2.24. The first-order chi connectivity index (χ1) is 8.66. The fourth-order valence-corrected chi connectivity index (χ4v) is 1.75. The maximum atomic E-state index is 11.9. The van der Waals surface area contributed by atoms with Gasteiger partial charge >= 0.3 is 0 Å². The monoisotopic (exact) mass is 306 g/mol. The maximum Gasteiger partial charge on any atom is 0.271 e. The third kappa shape index (κ3) is 3.10. The standard InChI is InChI=1S/C12H11BrN4O/c1-8-5-16-9(6-15-8)7-17-12(18)11-10(13)3-2-4-14-11/h2-6H,7H2,1H3,(H,17,18). The molecule has 2 aromatic rings. The molecule has 1 N–H and O–H groups in total. The van der Waals surface area contributed by atoms with Crippen molar-refractivity contribution in [1.82, 2.24) is 20.3 Å². The van der Waals surface area contributed by atoms with E-state index in [-0.39, 0.29) is 5.91 Å². The highest BCUT2D eigenvalue weighted by molar-refractivity contribution is 9.10. The van der Waals surface area contributed by atoms with Gasteiger partial charge in [0.2, 0.25) is 0 Å². The van der Waals surface area contributed by atoms with E-state index in [1.54, 1.807) is 30.7 Å². The van der Waals surface area contributed by atoms with Crippen LogP contribution in [0.2, 0.25) is 0 Å². The molecule has 92 valence electrons. The second kappa shape index (κ2) is 5.68. The predicted molar refractivity (Wildman–Crippen MR) is 69.9 cm³/mol. The molecule has 0 fully saturated rings. The summed E-state index contributed by atoms with van der Waals surface area (Å²) in [6.07, 6.45) is 4.88. The highest BCUT2D eigenvalue weighted by Crippen LogP contribution is 2.12. The van der Waals surface area contributed by atoms with Crippen LogP contribution in [0.5, 0.6) is 0 Å². The van der Waals surface area contributed by atoms with Gasteiger partial charge in [-0.25, -0.2) is 4.98 Å². The lowest BCUT2D eigenvalue weighted by Crippen LogP contribution is -2.24. The van der Waals surface area contributed by atoms with Gasteiger partial charge < -0.3 is 5.32 Å². The molecule has 0 radical (unpaired) electrons. The van der Waals surface area contributed by atoms with Crippen LogP contribution in [0.1, 0.15) is 21.9 Å². The van der Waals surface area contributed by atoms with E-state index in [0.717, 1.165) is 5.69 Å². The highest BCUT2D eigenvalue weighted by Gasteiger charge is 2.10. The fourth-order valence-electron chi connectivity index (χ4n) is 1.32. The minimum atomic E-state index is -0.246. The molecule has 5 nitrogen and oxygen atoms in total. The van der Waals surface area contributed by atoms with Gasteiger partial charge in [0.25, 0.3) is 5.91 Å². The number of aromatic nitrogens is 3. The first kappa shape index (κ1) is 12.6. The van der Waals surface area contributed by atoms with Gasteiger partial charge in [0.15, 0.2) is 0 Å². The van der Waals surface area contributed by atoms with Crippen molar-refractivity contribution in [2.24, 2.45) is 0 Å². The number of amides is 1. The van der Waals surface area contributed by atoms with Gasteiger partial charge in [0.1, 0.15) is 5.69 Å². The van der Waals surface area contributed by atoms with E-state index in [1.807, 2.05) is 6.92 Å². The van der Waals surface area contributed by atoms with Crippen molar-refractivity contribution in [1.29, 1.82) is 0 Å².